The molecule has 1 aliphatic rings. The Morgan fingerprint density at radius 1 is 1.43 bits per heavy atom. The van der Waals surface area contributed by atoms with E-state index in [1.807, 2.05) is 0 Å². The quantitative estimate of drug-likeness (QED) is 0.928. The Morgan fingerprint density at radius 2 is 2.14 bits per heavy atom. The van der Waals surface area contributed by atoms with Crippen LogP contribution in [0.3, 0.4) is 0 Å². The van der Waals surface area contributed by atoms with E-state index in [1.165, 1.54) is 17.4 Å². The standard InChI is InChI=1S/C15H17FN2O2S/c1-18(9-5-7-20-8-6-9)15(19)14-13(17)12-10(16)3-2-4-11(12)21-14/h2-4,9H,5-8,17H2,1H3. The van der Waals surface area contributed by atoms with Crippen molar-refractivity contribution in [1.82, 2.24) is 4.90 Å². The van der Waals surface area contributed by atoms with Gasteiger partial charge in [-0.05, 0) is 25.0 Å². The number of ether oxygens (including phenoxy) is 1. The zero-order valence-corrected chi connectivity index (χ0v) is 12.6. The van der Waals surface area contributed by atoms with E-state index in [2.05, 4.69) is 0 Å². The van der Waals surface area contributed by atoms with Gasteiger partial charge in [-0.15, -0.1) is 11.3 Å². The Kier molecular flexibility index (Phi) is 3.82. The molecule has 1 aromatic carbocycles. The number of rotatable bonds is 2. The lowest BCUT2D eigenvalue weighted by Gasteiger charge is -2.31. The largest absolute Gasteiger partial charge is 0.397 e. The second-order valence-electron chi connectivity index (χ2n) is 5.22. The monoisotopic (exact) mass is 308 g/mol. The van der Waals surface area contributed by atoms with Gasteiger partial charge in [-0.1, -0.05) is 6.07 Å². The summed E-state index contributed by atoms with van der Waals surface area (Å²) in [6.07, 6.45) is 1.64. The molecule has 1 amide bonds. The maximum atomic E-state index is 13.9. The Labute approximate surface area is 126 Å². The second kappa shape index (κ2) is 5.61. The average Bonchev–Trinajstić information content (AvgIpc) is 2.85. The van der Waals surface area contributed by atoms with E-state index < -0.39 is 0 Å². The number of halogens is 1. The Balaban J connectivity index is 1.94. The van der Waals surface area contributed by atoms with Crippen LogP contribution >= 0.6 is 11.3 Å². The van der Waals surface area contributed by atoms with E-state index in [9.17, 15) is 9.18 Å². The molecule has 2 heterocycles. The minimum absolute atomic E-state index is 0.139. The van der Waals surface area contributed by atoms with E-state index in [4.69, 9.17) is 10.5 Å². The number of fused-ring (bicyclic) bond motifs is 1. The van der Waals surface area contributed by atoms with Crippen molar-refractivity contribution < 1.29 is 13.9 Å². The summed E-state index contributed by atoms with van der Waals surface area (Å²) in [5.74, 6) is -0.519. The van der Waals surface area contributed by atoms with Crippen molar-refractivity contribution in [2.24, 2.45) is 0 Å². The predicted molar refractivity (Wildman–Crippen MR) is 82.1 cm³/mol. The molecule has 112 valence electrons. The lowest BCUT2D eigenvalue weighted by molar-refractivity contribution is 0.0365. The minimum Gasteiger partial charge on any atom is -0.397 e. The normalized spacial score (nSPS) is 16.3. The van der Waals surface area contributed by atoms with Gasteiger partial charge < -0.3 is 15.4 Å². The van der Waals surface area contributed by atoms with Crippen molar-refractivity contribution in [3.8, 4) is 0 Å². The number of amides is 1. The SMILES string of the molecule is CN(C(=O)c1sc2cccc(F)c2c1N)C1CCOCC1. The predicted octanol–water partition coefficient (Wildman–Crippen LogP) is 2.87. The van der Waals surface area contributed by atoms with E-state index in [-0.39, 0.29) is 23.5 Å². The van der Waals surface area contributed by atoms with Crippen LogP contribution in [-0.4, -0.2) is 37.1 Å². The molecule has 0 bridgehead atoms. The Bertz CT molecular complexity index is 680. The average molecular weight is 308 g/mol. The number of nitrogens with zero attached hydrogens (tertiary/aromatic N) is 1. The van der Waals surface area contributed by atoms with Gasteiger partial charge in [0.1, 0.15) is 10.7 Å². The van der Waals surface area contributed by atoms with E-state index >= 15 is 0 Å². The van der Waals surface area contributed by atoms with Crippen LogP contribution in [0.25, 0.3) is 10.1 Å². The zero-order chi connectivity index (χ0) is 15.0. The van der Waals surface area contributed by atoms with Crippen LogP contribution in [0.4, 0.5) is 10.1 Å². The third kappa shape index (κ3) is 2.49. The summed E-state index contributed by atoms with van der Waals surface area (Å²) in [5.41, 5.74) is 6.25. The lowest BCUT2D eigenvalue weighted by atomic mass is 10.1. The van der Waals surface area contributed by atoms with Crippen molar-refractivity contribution >= 4 is 33.0 Å². The number of hydrogen-bond acceptors (Lipinski definition) is 4. The van der Waals surface area contributed by atoms with Crippen molar-refractivity contribution in [1.29, 1.82) is 0 Å². The van der Waals surface area contributed by atoms with Crippen molar-refractivity contribution in [3.63, 3.8) is 0 Å². The van der Waals surface area contributed by atoms with Crippen LogP contribution in [0, 0.1) is 5.82 Å². The molecule has 0 atom stereocenters. The Hall–Kier alpha value is -1.66. The van der Waals surface area contributed by atoms with Gasteiger partial charge in [0.15, 0.2) is 0 Å². The molecular formula is C15H17FN2O2S. The highest BCUT2D eigenvalue weighted by Gasteiger charge is 2.27. The molecular weight excluding hydrogens is 291 g/mol. The number of nitrogens with two attached hydrogens (primary N) is 1. The van der Waals surface area contributed by atoms with Crippen LogP contribution in [0.2, 0.25) is 0 Å². The van der Waals surface area contributed by atoms with E-state index in [1.54, 1.807) is 24.1 Å². The fourth-order valence-corrected chi connectivity index (χ4v) is 3.81. The molecule has 4 nitrogen and oxygen atoms in total. The molecule has 6 heteroatoms. The zero-order valence-electron chi connectivity index (χ0n) is 11.8. The van der Waals surface area contributed by atoms with Crippen molar-refractivity contribution in [2.45, 2.75) is 18.9 Å². The molecule has 1 aromatic heterocycles. The summed E-state index contributed by atoms with van der Waals surface area (Å²) in [5, 5.41) is 0.353. The number of nitrogen functional groups attached to an aromatic ring is 1. The summed E-state index contributed by atoms with van der Waals surface area (Å²) < 4.78 is 19.9. The maximum absolute atomic E-state index is 13.9. The molecule has 1 saturated heterocycles. The molecule has 0 spiro atoms. The molecule has 3 rings (SSSR count). The number of thiophene rings is 1. The highest BCUT2D eigenvalue weighted by Crippen LogP contribution is 2.36. The third-order valence-electron chi connectivity index (χ3n) is 3.95. The molecule has 1 fully saturated rings. The molecule has 0 aliphatic carbocycles. The molecule has 21 heavy (non-hydrogen) atoms. The van der Waals surface area contributed by atoms with Crippen LogP contribution < -0.4 is 5.73 Å². The summed E-state index contributed by atoms with van der Waals surface area (Å²) in [6.45, 7) is 1.33. The number of benzene rings is 1. The van der Waals surface area contributed by atoms with Gasteiger partial charge >= 0.3 is 0 Å². The highest BCUT2D eigenvalue weighted by atomic mass is 32.1. The van der Waals surface area contributed by atoms with E-state index in [0.29, 0.717) is 28.2 Å². The molecule has 1 aliphatic heterocycles. The number of hydrogen-bond donors (Lipinski definition) is 1. The second-order valence-corrected chi connectivity index (χ2v) is 6.27. The van der Waals surface area contributed by atoms with Gasteiger partial charge in [-0.3, -0.25) is 4.79 Å². The van der Waals surface area contributed by atoms with Crippen LogP contribution in [0.15, 0.2) is 18.2 Å². The first kappa shape index (κ1) is 14.3. The maximum Gasteiger partial charge on any atom is 0.266 e. The van der Waals surface area contributed by atoms with Crippen molar-refractivity contribution in [3.05, 3.63) is 28.9 Å². The molecule has 0 unspecified atom stereocenters. The fraction of sp³-hybridized carbons (Fsp3) is 0.400. The summed E-state index contributed by atoms with van der Waals surface area (Å²) in [4.78, 5) is 14.8. The summed E-state index contributed by atoms with van der Waals surface area (Å²) in [6, 6.07) is 4.93. The lowest BCUT2D eigenvalue weighted by Crippen LogP contribution is -2.40. The summed E-state index contributed by atoms with van der Waals surface area (Å²) in [7, 11) is 1.78. The number of anilines is 1. The first-order valence-corrected chi connectivity index (χ1v) is 7.72. The van der Waals surface area contributed by atoms with Crippen LogP contribution in [0.5, 0.6) is 0 Å². The fourth-order valence-electron chi connectivity index (χ4n) is 2.69. The smallest absolute Gasteiger partial charge is 0.266 e. The highest BCUT2D eigenvalue weighted by molar-refractivity contribution is 7.21. The first-order chi connectivity index (χ1) is 10.1. The third-order valence-corrected chi connectivity index (χ3v) is 5.11. The van der Waals surface area contributed by atoms with Gasteiger partial charge in [-0.2, -0.15) is 0 Å². The number of carbonyl (C=O) groups is 1. The minimum atomic E-state index is -0.381. The molecule has 0 radical (unpaired) electrons. The van der Waals surface area contributed by atoms with Gasteiger partial charge in [0.05, 0.1) is 11.1 Å². The van der Waals surface area contributed by atoms with Gasteiger partial charge in [-0.25, -0.2) is 4.39 Å². The first-order valence-electron chi connectivity index (χ1n) is 6.91. The molecule has 2 aromatic rings. The molecule has 0 saturated carbocycles. The van der Waals surface area contributed by atoms with Gasteiger partial charge in [0, 0.05) is 31.0 Å². The van der Waals surface area contributed by atoms with Gasteiger partial charge in [0.2, 0.25) is 0 Å². The van der Waals surface area contributed by atoms with Crippen molar-refractivity contribution in [2.75, 3.05) is 26.0 Å². The Morgan fingerprint density at radius 3 is 2.81 bits per heavy atom. The van der Waals surface area contributed by atoms with Crippen LogP contribution in [0.1, 0.15) is 22.5 Å². The van der Waals surface area contributed by atoms with E-state index in [0.717, 1.165) is 12.8 Å². The molecule has 2 N–H and O–H groups in total. The van der Waals surface area contributed by atoms with Gasteiger partial charge in [0.25, 0.3) is 5.91 Å². The number of carbonyl (C=O) groups excluding carboxylic acids is 1. The topological polar surface area (TPSA) is 55.6 Å². The summed E-state index contributed by atoms with van der Waals surface area (Å²) >= 11 is 1.25. The van der Waals surface area contributed by atoms with Crippen LogP contribution in [-0.2, 0) is 4.74 Å².